The summed E-state index contributed by atoms with van der Waals surface area (Å²) in [5.41, 5.74) is -0.709. The van der Waals surface area contributed by atoms with Gasteiger partial charge in [-0.3, -0.25) is 14.9 Å². The zero-order chi connectivity index (χ0) is 13.2. The molecule has 0 N–H and O–H groups in total. The molecule has 1 aromatic heterocycles. The van der Waals surface area contributed by atoms with E-state index in [1.54, 1.807) is 10.8 Å². The largest absolute Gasteiger partial charge is 0.347 e. The van der Waals surface area contributed by atoms with Crippen molar-refractivity contribution in [1.29, 1.82) is 0 Å². The average Bonchev–Trinajstić information content (AvgIpc) is 2.80. The van der Waals surface area contributed by atoms with E-state index in [-0.39, 0.29) is 11.1 Å². The molecular weight excluding hydrogens is 300 g/mol. The number of hydrogen-bond acceptors (Lipinski definition) is 3. The van der Waals surface area contributed by atoms with Gasteiger partial charge in [0.25, 0.3) is 5.43 Å². The molecule has 0 aliphatic heterocycles. The van der Waals surface area contributed by atoms with E-state index in [1.807, 2.05) is 0 Å². The van der Waals surface area contributed by atoms with Crippen molar-refractivity contribution in [2.24, 2.45) is 5.41 Å². The molecule has 6 heteroatoms. The summed E-state index contributed by atoms with van der Waals surface area (Å²) in [7, 11) is 0. The van der Waals surface area contributed by atoms with Crippen molar-refractivity contribution in [2.45, 2.75) is 32.2 Å². The molecule has 1 aliphatic rings. The minimum Gasteiger partial charge on any atom is -0.347 e. The lowest BCUT2D eigenvalue weighted by Crippen LogP contribution is -2.26. The number of aromatic nitrogens is 1. The highest BCUT2D eigenvalue weighted by Gasteiger charge is 2.33. The maximum Gasteiger partial charge on any atom is 0.332 e. The summed E-state index contributed by atoms with van der Waals surface area (Å²) in [5, 5.41) is 11.6. The van der Waals surface area contributed by atoms with Crippen LogP contribution >= 0.6 is 15.9 Å². The molecule has 1 saturated carbocycles. The number of nitro groups is 1. The Morgan fingerprint density at radius 1 is 1.44 bits per heavy atom. The third-order valence-electron chi connectivity index (χ3n) is 3.62. The molecule has 18 heavy (non-hydrogen) atoms. The van der Waals surface area contributed by atoms with Crippen LogP contribution in [0, 0.1) is 15.5 Å². The molecule has 0 amide bonds. The van der Waals surface area contributed by atoms with Gasteiger partial charge in [-0.15, -0.1) is 0 Å². The fourth-order valence-corrected chi connectivity index (χ4v) is 3.33. The minimum atomic E-state index is -0.617. The molecule has 0 bridgehead atoms. The number of nitrogens with zero attached hydrogens (tertiary/aromatic N) is 2. The van der Waals surface area contributed by atoms with E-state index in [4.69, 9.17) is 0 Å². The van der Waals surface area contributed by atoms with Gasteiger partial charge in [-0.1, -0.05) is 28.8 Å². The Balaban J connectivity index is 2.26. The third kappa shape index (κ3) is 2.63. The number of hydrogen-bond donors (Lipinski definition) is 0. The summed E-state index contributed by atoms with van der Waals surface area (Å²) in [5.74, 6) is 0. The summed E-state index contributed by atoms with van der Waals surface area (Å²) < 4.78 is 1.77. The monoisotopic (exact) mass is 314 g/mol. The lowest BCUT2D eigenvalue weighted by Gasteiger charge is -2.27. The highest BCUT2D eigenvalue weighted by atomic mass is 79.9. The highest BCUT2D eigenvalue weighted by molar-refractivity contribution is 9.09. The number of rotatable bonds is 4. The van der Waals surface area contributed by atoms with Crippen LogP contribution in [-0.2, 0) is 6.54 Å². The van der Waals surface area contributed by atoms with Gasteiger partial charge >= 0.3 is 5.69 Å². The van der Waals surface area contributed by atoms with Crippen LogP contribution in [0.2, 0.25) is 0 Å². The molecule has 0 radical (unpaired) electrons. The molecule has 2 rings (SSSR count). The first-order valence-corrected chi connectivity index (χ1v) is 7.09. The molecular formula is C12H15BrN2O3. The molecule has 0 aromatic carbocycles. The summed E-state index contributed by atoms with van der Waals surface area (Å²) >= 11 is 3.54. The van der Waals surface area contributed by atoms with Gasteiger partial charge in [0.2, 0.25) is 0 Å². The summed E-state index contributed by atoms with van der Waals surface area (Å²) in [6.07, 6.45) is 7.64. The highest BCUT2D eigenvalue weighted by Crippen LogP contribution is 2.41. The first kappa shape index (κ1) is 13.3. The second-order valence-electron chi connectivity index (χ2n) is 4.96. The van der Waals surface area contributed by atoms with Gasteiger partial charge in [-0.2, -0.15) is 0 Å². The summed E-state index contributed by atoms with van der Waals surface area (Å²) in [6, 6.07) is 1.27. The Hall–Kier alpha value is -1.17. The molecule has 1 heterocycles. The Morgan fingerprint density at radius 2 is 2.11 bits per heavy atom. The summed E-state index contributed by atoms with van der Waals surface area (Å²) in [6.45, 7) is 0.722. The average molecular weight is 315 g/mol. The van der Waals surface area contributed by atoms with Crippen molar-refractivity contribution >= 4 is 21.6 Å². The quantitative estimate of drug-likeness (QED) is 0.487. The molecule has 98 valence electrons. The van der Waals surface area contributed by atoms with Crippen LogP contribution in [0.5, 0.6) is 0 Å². The normalized spacial score (nSPS) is 17.8. The zero-order valence-electron chi connectivity index (χ0n) is 9.97. The summed E-state index contributed by atoms with van der Waals surface area (Å²) in [4.78, 5) is 21.5. The van der Waals surface area contributed by atoms with Crippen LogP contribution in [0.15, 0.2) is 23.3 Å². The standard InChI is InChI=1S/C12H15BrN2O3/c13-8-12(4-1-2-5-12)9-14-6-3-11(16)10(7-14)15(17)18/h3,6-7H,1-2,4-5,8-9H2. The number of alkyl halides is 1. The first-order chi connectivity index (χ1) is 8.56. The van der Waals surface area contributed by atoms with Gasteiger partial charge in [-0.05, 0) is 18.3 Å². The second kappa shape index (κ2) is 5.22. The molecule has 0 unspecified atom stereocenters. The fraction of sp³-hybridized carbons (Fsp3) is 0.583. The van der Waals surface area contributed by atoms with Crippen LogP contribution < -0.4 is 5.43 Å². The minimum absolute atomic E-state index is 0.170. The van der Waals surface area contributed by atoms with Gasteiger partial charge in [0.05, 0.1) is 11.1 Å². The smallest absolute Gasteiger partial charge is 0.332 e. The van der Waals surface area contributed by atoms with Crippen LogP contribution in [0.25, 0.3) is 0 Å². The van der Waals surface area contributed by atoms with E-state index in [9.17, 15) is 14.9 Å². The van der Waals surface area contributed by atoms with E-state index in [2.05, 4.69) is 15.9 Å². The maximum absolute atomic E-state index is 11.3. The Morgan fingerprint density at radius 3 is 2.67 bits per heavy atom. The fourth-order valence-electron chi connectivity index (χ4n) is 2.59. The van der Waals surface area contributed by atoms with Gasteiger partial charge in [0, 0.05) is 24.1 Å². The van der Waals surface area contributed by atoms with Gasteiger partial charge in [0.15, 0.2) is 0 Å². The van der Waals surface area contributed by atoms with Crippen molar-refractivity contribution in [3.63, 3.8) is 0 Å². The SMILES string of the molecule is O=c1ccn(CC2(CBr)CCCC2)cc1[N+](=O)[O-]. The van der Waals surface area contributed by atoms with Crippen molar-refractivity contribution in [1.82, 2.24) is 4.57 Å². The molecule has 0 spiro atoms. The van der Waals surface area contributed by atoms with Crippen LogP contribution in [0.3, 0.4) is 0 Å². The zero-order valence-corrected chi connectivity index (χ0v) is 11.6. The lowest BCUT2D eigenvalue weighted by molar-refractivity contribution is -0.386. The van der Waals surface area contributed by atoms with Crippen LogP contribution in [0.4, 0.5) is 5.69 Å². The van der Waals surface area contributed by atoms with Gasteiger partial charge < -0.3 is 4.57 Å². The third-order valence-corrected chi connectivity index (χ3v) is 4.81. The lowest BCUT2D eigenvalue weighted by atomic mass is 9.88. The van der Waals surface area contributed by atoms with E-state index in [0.717, 1.165) is 24.7 Å². The van der Waals surface area contributed by atoms with E-state index in [1.165, 1.54) is 25.1 Å². The van der Waals surface area contributed by atoms with Crippen molar-refractivity contribution < 1.29 is 4.92 Å². The first-order valence-electron chi connectivity index (χ1n) is 5.97. The van der Waals surface area contributed by atoms with E-state index < -0.39 is 10.4 Å². The Bertz CT molecular complexity index is 506. The van der Waals surface area contributed by atoms with Crippen molar-refractivity contribution in [3.05, 3.63) is 38.8 Å². The van der Waals surface area contributed by atoms with Crippen molar-refractivity contribution in [2.75, 3.05) is 5.33 Å². The molecule has 0 atom stereocenters. The predicted molar refractivity (Wildman–Crippen MR) is 72.1 cm³/mol. The maximum atomic E-state index is 11.3. The van der Waals surface area contributed by atoms with Gasteiger partial charge in [-0.25, -0.2) is 0 Å². The Kier molecular flexibility index (Phi) is 3.85. The van der Waals surface area contributed by atoms with Crippen LogP contribution in [0.1, 0.15) is 25.7 Å². The predicted octanol–water partition coefficient (Wildman–Crippen LogP) is 2.71. The van der Waals surface area contributed by atoms with Gasteiger partial charge in [0.1, 0.15) is 0 Å². The van der Waals surface area contributed by atoms with Crippen molar-refractivity contribution in [3.8, 4) is 0 Å². The Labute approximate surface area is 113 Å². The van der Waals surface area contributed by atoms with Crippen LogP contribution in [-0.4, -0.2) is 14.8 Å². The molecule has 1 aliphatic carbocycles. The molecule has 5 nitrogen and oxygen atoms in total. The number of pyridine rings is 1. The van der Waals surface area contributed by atoms with E-state index in [0.29, 0.717) is 0 Å². The molecule has 1 fully saturated rings. The topological polar surface area (TPSA) is 65.1 Å². The molecule has 1 aromatic rings. The molecule has 0 saturated heterocycles. The van der Waals surface area contributed by atoms with E-state index >= 15 is 0 Å². The second-order valence-corrected chi connectivity index (χ2v) is 5.53. The number of halogens is 1.